The fraction of sp³-hybridized carbons (Fsp3) is 1.00. The average molecular weight is 276 g/mol. The Morgan fingerprint density at radius 1 is 1.29 bits per heavy atom. The Bertz CT molecular complexity index is 170. The molecule has 9 heteroatoms. The quantitative estimate of drug-likeness (QED) is 0.290. The van der Waals surface area contributed by atoms with Gasteiger partial charge in [-0.2, -0.15) is 0 Å². The van der Waals surface area contributed by atoms with Crippen molar-refractivity contribution in [2.75, 3.05) is 34.3 Å². The molecule has 0 bridgehead atoms. The summed E-state index contributed by atoms with van der Waals surface area (Å²) in [7, 11) is 0.875. The van der Waals surface area contributed by atoms with Crippen molar-refractivity contribution in [1.29, 1.82) is 0 Å². The van der Waals surface area contributed by atoms with Crippen LogP contribution in [0.3, 0.4) is 0 Å². The molecule has 0 fully saturated rings. The van der Waals surface area contributed by atoms with E-state index in [1.165, 1.54) is 0 Å². The molecule has 6 nitrogen and oxygen atoms in total. The molecular formula is C5H15CaClNO5P. The van der Waals surface area contributed by atoms with Crippen LogP contribution in [0.2, 0.25) is 0 Å². The second kappa shape index (κ2) is 9.78. The number of likely N-dealkylation sites (N-methyl/N-ethyl adjacent to an activating group) is 1. The minimum absolute atomic E-state index is 0. The van der Waals surface area contributed by atoms with Crippen molar-refractivity contribution in [3.8, 4) is 0 Å². The third-order valence-corrected chi connectivity index (χ3v) is 1.51. The molecule has 0 unspecified atom stereocenters. The van der Waals surface area contributed by atoms with Gasteiger partial charge in [0.05, 0.1) is 29.0 Å². The first-order chi connectivity index (χ1) is 4.71. The zero-order valence-electron chi connectivity index (χ0n) is 8.53. The molecule has 0 aliphatic heterocycles. The van der Waals surface area contributed by atoms with Gasteiger partial charge < -0.3 is 41.2 Å². The Balaban J connectivity index is -0.000000167. The van der Waals surface area contributed by atoms with E-state index in [4.69, 9.17) is 0 Å². The Labute approximate surface area is 120 Å². The van der Waals surface area contributed by atoms with Crippen LogP contribution in [0.1, 0.15) is 0 Å². The third-order valence-electron chi connectivity index (χ3n) is 1.01. The molecule has 0 saturated heterocycles. The summed E-state index contributed by atoms with van der Waals surface area (Å²) in [5.74, 6) is 0. The normalized spacial score (nSPS) is 10.6. The maximum absolute atomic E-state index is 9.96. The number of halogens is 1. The smallest absolute Gasteiger partial charge is 1.00 e. The number of phosphoric acid groups is 1. The van der Waals surface area contributed by atoms with E-state index in [0.29, 0.717) is 11.0 Å². The van der Waals surface area contributed by atoms with E-state index in [-0.39, 0.29) is 62.2 Å². The largest absolute Gasteiger partial charge is 2.00 e. The van der Waals surface area contributed by atoms with Gasteiger partial charge in [-0.25, -0.2) is 0 Å². The van der Waals surface area contributed by atoms with Gasteiger partial charge in [-0.05, 0) is 0 Å². The minimum Gasteiger partial charge on any atom is -1.00 e. The Hall–Kier alpha value is 1.58. The van der Waals surface area contributed by atoms with Gasteiger partial charge in [0.2, 0.25) is 0 Å². The van der Waals surface area contributed by atoms with Crippen LogP contribution >= 0.6 is 7.82 Å². The molecule has 0 amide bonds. The SMILES string of the molecule is C[N+](C)(C)CCOP(=O)([O-])[O-].O.[Ca+2].[Cl-]. The first kappa shape index (κ1) is 24.7. The van der Waals surface area contributed by atoms with Crippen LogP contribution < -0.4 is 22.2 Å². The Kier molecular flexibility index (Phi) is 17.3. The molecule has 14 heavy (non-hydrogen) atoms. The van der Waals surface area contributed by atoms with E-state index < -0.39 is 7.82 Å². The van der Waals surface area contributed by atoms with Crippen LogP contribution in [-0.4, -0.2) is 82.0 Å². The predicted octanol–water partition coefficient (Wildman–Crippen LogP) is -5.66. The van der Waals surface area contributed by atoms with E-state index in [9.17, 15) is 14.4 Å². The minimum atomic E-state index is -4.76. The van der Waals surface area contributed by atoms with Gasteiger partial charge in [0.15, 0.2) is 0 Å². The van der Waals surface area contributed by atoms with Crippen LogP contribution in [0.15, 0.2) is 0 Å². The van der Waals surface area contributed by atoms with Crippen molar-refractivity contribution in [3.05, 3.63) is 0 Å². The van der Waals surface area contributed by atoms with Crippen LogP contribution in [0, 0.1) is 0 Å². The standard InChI is InChI=1S/C5H14NO4P.Ca.ClH.H2O/c1-6(2,3)4-5-10-11(7,8)9;;;/h4-5H2,1-3H3,(H-,7,8,9);;1H;1H2/q;+2;;/p-2. The van der Waals surface area contributed by atoms with Crippen molar-refractivity contribution in [2.24, 2.45) is 0 Å². The number of phosphoric ester groups is 1. The second-order valence-corrected chi connectivity index (χ2v) is 4.45. The molecule has 0 aliphatic rings. The molecular weight excluding hydrogens is 261 g/mol. The summed E-state index contributed by atoms with van der Waals surface area (Å²) in [4.78, 5) is 19.9. The predicted molar refractivity (Wildman–Crippen MR) is 45.8 cm³/mol. The van der Waals surface area contributed by atoms with Crippen molar-refractivity contribution < 1.29 is 41.2 Å². The van der Waals surface area contributed by atoms with E-state index >= 15 is 0 Å². The summed E-state index contributed by atoms with van der Waals surface area (Å²) in [6, 6.07) is 0. The van der Waals surface area contributed by atoms with Gasteiger partial charge >= 0.3 is 37.7 Å². The molecule has 0 aromatic heterocycles. The molecule has 0 radical (unpaired) electrons. The summed E-state index contributed by atoms with van der Waals surface area (Å²) >= 11 is 0. The maximum atomic E-state index is 9.96. The van der Waals surface area contributed by atoms with E-state index in [0.717, 1.165) is 0 Å². The number of hydrogen-bond donors (Lipinski definition) is 0. The maximum Gasteiger partial charge on any atom is 2.00 e. The molecule has 0 saturated carbocycles. The Morgan fingerprint density at radius 2 is 1.64 bits per heavy atom. The Morgan fingerprint density at radius 3 is 1.86 bits per heavy atom. The molecule has 84 valence electrons. The topological polar surface area (TPSA) is 104 Å². The first-order valence-corrected chi connectivity index (χ1v) is 4.64. The molecule has 2 N–H and O–H groups in total. The van der Waals surface area contributed by atoms with Gasteiger partial charge in [-0.3, -0.25) is 0 Å². The fourth-order valence-corrected chi connectivity index (χ4v) is 0.732. The monoisotopic (exact) mass is 275 g/mol. The van der Waals surface area contributed by atoms with Crippen molar-refractivity contribution >= 4 is 45.6 Å². The molecule has 0 heterocycles. The fourth-order valence-electron chi connectivity index (χ4n) is 0.426. The van der Waals surface area contributed by atoms with Crippen molar-refractivity contribution in [2.45, 2.75) is 0 Å². The van der Waals surface area contributed by atoms with Gasteiger partial charge in [-0.15, -0.1) is 0 Å². The van der Waals surface area contributed by atoms with E-state index in [1.54, 1.807) is 0 Å². The first-order valence-electron chi connectivity index (χ1n) is 3.18. The van der Waals surface area contributed by atoms with Crippen molar-refractivity contribution in [1.82, 2.24) is 0 Å². The van der Waals surface area contributed by atoms with Gasteiger partial charge in [-0.1, -0.05) is 0 Å². The van der Waals surface area contributed by atoms with E-state index in [1.807, 2.05) is 21.1 Å². The zero-order valence-corrected chi connectivity index (χ0v) is 12.4. The van der Waals surface area contributed by atoms with E-state index in [2.05, 4.69) is 4.52 Å². The van der Waals surface area contributed by atoms with Crippen LogP contribution in [0.4, 0.5) is 0 Å². The second-order valence-electron chi connectivity index (χ2n) is 3.29. The van der Waals surface area contributed by atoms with Crippen LogP contribution in [0.25, 0.3) is 0 Å². The summed E-state index contributed by atoms with van der Waals surface area (Å²) < 4.78 is 14.6. The molecule has 0 rings (SSSR count). The van der Waals surface area contributed by atoms with Crippen LogP contribution in [0.5, 0.6) is 0 Å². The van der Waals surface area contributed by atoms with Crippen LogP contribution in [-0.2, 0) is 9.09 Å². The third kappa shape index (κ3) is 23.4. The molecule has 0 atom stereocenters. The number of hydrogen-bond acceptors (Lipinski definition) is 4. The average Bonchev–Trinajstić information content (AvgIpc) is 1.55. The van der Waals surface area contributed by atoms with Gasteiger partial charge in [0.25, 0.3) is 0 Å². The van der Waals surface area contributed by atoms with Gasteiger partial charge in [0.1, 0.15) is 13.2 Å². The number of quaternary nitrogens is 1. The summed E-state index contributed by atoms with van der Waals surface area (Å²) in [5.41, 5.74) is 0. The number of nitrogens with zero attached hydrogens (tertiary/aromatic N) is 1. The summed E-state index contributed by atoms with van der Waals surface area (Å²) in [6.07, 6.45) is 0. The summed E-state index contributed by atoms with van der Waals surface area (Å²) in [5, 5.41) is 0. The number of rotatable bonds is 4. The molecule has 0 aromatic carbocycles. The van der Waals surface area contributed by atoms with Gasteiger partial charge in [0, 0.05) is 0 Å². The summed E-state index contributed by atoms with van der Waals surface area (Å²) in [6.45, 7) is 0.447. The zero-order chi connectivity index (χ0) is 9.12. The molecule has 0 spiro atoms. The molecule has 0 aliphatic carbocycles. The molecule has 0 aromatic rings. The van der Waals surface area contributed by atoms with Crippen molar-refractivity contribution in [3.63, 3.8) is 0 Å².